The lowest BCUT2D eigenvalue weighted by Crippen LogP contribution is -2.46. The third-order valence-electron chi connectivity index (χ3n) is 8.10. The van der Waals surface area contributed by atoms with Gasteiger partial charge in [0.05, 0.1) is 4.90 Å². The molecule has 3 atom stereocenters. The van der Waals surface area contributed by atoms with Crippen molar-refractivity contribution in [3.8, 4) is 0 Å². The van der Waals surface area contributed by atoms with E-state index in [1.54, 1.807) is 24.3 Å². The number of benzene rings is 3. The van der Waals surface area contributed by atoms with Crippen molar-refractivity contribution in [3.63, 3.8) is 0 Å². The Morgan fingerprint density at radius 1 is 0.794 bits per heavy atom. The molecular weight excluding hydrogens is 440 g/mol. The molecule has 2 heterocycles. The number of hydrogen-bond donors (Lipinski definition) is 1. The van der Waals surface area contributed by atoms with Crippen LogP contribution >= 0.6 is 0 Å². The molecule has 0 amide bonds. The van der Waals surface area contributed by atoms with Gasteiger partial charge in [-0.1, -0.05) is 78.9 Å². The van der Waals surface area contributed by atoms with Crippen molar-refractivity contribution in [1.29, 1.82) is 0 Å². The SMILES string of the molecule is CN1[C@@H]2CC[C@H]1CC(CC(CNS(=O)(=O)c1ccccc1)(c1ccccc1)c1ccccc1)C2. The van der Waals surface area contributed by atoms with Gasteiger partial charge in [-0.2, -0.15) is 0 Å². The normalized spacial score (nSPS) is 23.1. The van der Waals surface area contributed by atoms with E-state index in [2.05, 4.69) is 65.2 Å². The van der Waals surface area contributed by atoms with Gasteiger partial charge in [0, 0.05) is 24.0 Å². The monoisotopic (exact) mass is 474 g/mol. The van der Waals surface area contributed by atoms with Crippen molar-refractivity contribution >= 4 is 10.0 Å². The van der Waals surface area contributed by atoms with Gasteiger partial charge >= 0.3 is 0 Å². The number of sulfonamides is 1. The summed E-state index contributed by atoms with van der Waals surface area (Å²) in [6, 6.07) is 31.0. The van der Waals surface area contributed by atoms with E-state index >= 15 is 0 Å². The van der Waals surface area contributed by atoms with Crippen molar-refractivity contribution in [2.45, 2.75) is 54.5 Å². The Morgan fingerprint density at radius 2 is 1.26 bits per heavy atom. The number of nitrogens with one attached hydrogen (secondary N) is 1. The lowest BCUT2D eigenvalue weighted by atomic mass is 9.67. The summed E-state index contributed by atoms with van der Waals surface area (Å²) in [7, 11) is -1.35. The first-order valence-electron chi connectivity index (χ1n) is 12.4. The average molecular weight is 475 g/mol. The van der Waals surface area contributed by atoms with E-state index in [0.29, 0.717) is 29.4 Å². The number of hydrogen-bond acceptors (Lipinski definition) is 3. The molecule has 3 aromatic carbocycles. The summed E-state index contributed by atoms with van der Waals surface area (Å²) in [4.78, 5) is 2.88. The van der Waals surface area contributed by atoms with Crippen LogP contribution in [0, 0.1) is 5.92 Å². The third kappa shape index (κ3) is 4.57. The van der Waals surface area contributed by atoms with E-state index in [9.17, 15) is 8.42 Å². The number of nitrogens with zero attached hydrogens (tertiary/aromatic N) is 1. The predicted molar refractivity (Wildman–Crippen MR) is 137 cm³/mol. The van der Waals surface area contributed by atoms with Crippen molar-refractivity contribution in [2.75, 3.05) is 13.6 Å². The van der Waals surface area contributed by atoms with Gasteiger partial charge < -0.3 is 4.90 Å². The summed E-state index contributed by atoms with van der Waals surface area (Å²) in [5.41, 5.74) is 1.90. The second kappa shape index (κ2) is 9.65. The van der Waals surface area contributed by atoms with Crippen molar-refractivity contribution in [1.82, 2.24) is 9.62 Å². The Labute approximate surface area is 204 Å². The largest absolute Gasteiger partial charge is 0.300 e. The zero-order valence-corrected chi connectivity index (χ0v) is 20.6. The van der Waals surface area contributed by atoms with Crippen LogP contribution < -0.4 is 4.72 Å². The summed E-state index contributed by atoms with van der Waals surface area (Å²) in [5, 5.41) is 0. The van der Waals surface area contributed by atoms with E-state index in [1.807, 2.05) is 18.2 Å². The molecule has 2 aliphatic rings. The molecule has 0 spiro atoms. The quantitative estimate of drug-likeness (QED) is 0.487. The molecule has 2 bridgehead atoms. The highest BCUT2D eigenvalue weighted by Crippen LogP contribution is 2.45. The van der Waals surface area contributed by atoms with Gasteiger partial charge in [-0.15, -0.1) is 0 Å². The fraction of sp³-hybridized carbons (Fsp3) is 0.379. The summed E-state index contributed by atoms with van der Waals surface area (Å²) >= 11 is 0. The Morgan fingerprint density at radius 3 is 1.76 bits per heavy atom. The molecular formula is C29H34N2O2S. The highest BCUT2D eigenvalue weighted by Gasteiger charge is 2.43. The fourth-order valence-corrected chi connectivity index (χ4v) is 7.40. The molecule has 34 heavy (non-hydrogen) atoms. The van der Waals surface area contributed by atoms with Crippen molar-refractivity contribution < 1.29 is 8.42 Å². The van der Waals surface area contributed by atoms with E-state index in [1.165, 1.54) is 36.8 Å². The summed E-state index contributed by atoms with van der Waals surface area (Å²) in [6.45, 7) is 0.333. The zero-order chi connectivity index (χ0) is 23.6. The van der Waals surface area contributed by atoms with Crippen LogP contribution in [0.25, 0.3) is 0 Å². The molecule has 1 N–H and O–H groups in total. The maximum absolute atomic E-state index is 13.3. The summed E-state index contributed by atoms with van der Waals surface area (Å²) < 4.78 is 29.6. The molecule has 0 saturated carbocycles. The highest BCUT2D eigenvalue weighted by molar-refractivity contribution is 7.89. The lowest BCUT2D eigenvalue weighted by Gasteiger charge is -2.43. The van der Waals surface area contributed by atoms with Crippen molar-refractivity contribution in [3.05, 3.63) is 102 Å². The van der Waals surface area contributed by atoms with Gasteiger partial charge in [0.15, 0.2) is 0 Å². The molecule has 2 saturated heterocycles. The van der Waals surface area contributed by atoms with Crippen LogP contribution in [0.2, 0.25) is 0 Å². The van der Waals surface area contributed by atoms with Gasteiger partial charge in [0.25, 0.3) is 0 Å². The maximum Gasteiger partial charge on any atom is 0.240 e. The van der Waals surface area contributed by atoms with Gasteiger partial charge in [-0.25, -0.2) is 13.1 Å². The van der Waals surface area contributed by atoms with Gasteiger partial charge in [0.1, 0.15) is 0 Å². The van der Waals surface area contributed by atoms with Crippen LogP contribution in [0.4, 0.5) is 0 Å². The fourth-order valence-electron chi connectivity index (χ4n) is 6.28. The Kier molecular flexibility index (Phi) is 6.61. The van der Waals surface area contributed by atoms with Gasteiger partial charge in [-0.05, 0) is 68.3 Å². The van der Waals surface area contributed by atoms with E-state index in [0.717, 1.165) is 6.42 Å². The molecule has 4 nitrogen and oxygen atoms in total. The Hall–Kier alpha value is -2.47. The number of piperidine rings is 1. The lowest BCUT2D eigenvalue weighted by molar-refractivity contribution is 0.119. The first kappa shape index (κ1) is 23.3. The second-order valence-corrected chi connectivity index (χ2v) is 11.8. The first-order chi connectivity index (χ1) is 16.5. The van der Waals surface area contributed by atoms with Crippen LogP contribution in [-0.2, 0) is 15.4 Å². The standard InChI is InChI=1S/C29H34N2O2S/c1-31-26-17-18-27(31)20-23(19-26)21-29(24-11-5-2-6-12-24,25-13-7-3-8-14-25)22-30-34(32,33)28-15-9-4-10-16-28/h2-16,23,26-27,30H,17-22H2,1H3/t23?,26-,27+. The predicted octanol–water partition coefficient (Wildman–Crippen LogP) is 5.21. The minimum Gasteiger partial charge on any atom is -0.300 e. The van der Waals surface area contributed by atoms with Crippen LogP contribution in [0.1, 0.15) is 43.2 Å². The van der Waals surface area contributed by atoms with Gasteiger partial charge in [0.2, 0.25) is 10.0 Å². The van der Waals surface area contributed by atoms with E-state index < -0.39 is 15.4 Å². The molecule has 0 aliphatic carbocycles. The van der Waals surface area contributed by atoms with Crippen LogP contribution in [0.5, 0.6) is 0 Å². The number of rotatable bonds is 8. The molecule has 0 aromatic heterocycles. The topological polar surface area (TPSA) is 49.4 Å². The van der Waals surface area contributed by atoms with Crippen LogP contribution in [0.3, 0.4) is 0 Å². The Balaban J connectivity index is 1.54. The first-order valence-corrected chi connectivity index (χ1v) is 13.8. The zero-order valence-electron chi connectivity index (χ0n) is 19.8. The smallest absolute Gasteiger partial charge is 0.240 e. The van der Waals surface area contributed by atoms with Gasteiger partial charge in [-0.3, -0.25) is 0 Å². The highest BCUT2D eigenvalue weighted by atomic mass is 32.2. The molecule has 5 heteroatoms. The van der Waals surface area contributed by atoms with E-state index in [-0.39, 0.29) is 0 Å². The minimum absolute atomic E-state index is 0.308. The molecule has 2 fully saturated rings. The van der Waals surface area contributed by atoms with Crippen LogP contribution in [-0.4, -0.2) is 39.0 Å². The molecule has 178 valence electrons. The summed E-state index contributed by atoms with van der Waals surface area (Å²) in [6.07, 6.45) is 5.85. The molecule has 1 unspecified atom stereocenters. The second-order valence-electron chi connectivity index (χ2n) is 10.0. The molecule has 3 aromatic rings. The number of fused-ring (bicyclic) bond motifs is 2. The third-order valence-corrected chi connectivity index (χ3v) is 9.52. The van der Waals surface area contributed by atoms with E-state index in [4.69, 9.17) is 0 Å². The average Bonchev–Trinajstić information content (AvgIpc) is 3.08. The molecule has 0 radical (unpaired) electrons. The van der Waals surface area contributed by atoms with Crippen molar-refractivity contribution in [2.24, 2.45) is 5.92 Å². The minimum atomic E-state index is -3.63. The molecule has 2 aliphatic heterocycles. The van der Waals surface area contributed by atoms with Crippen LogP contribution in [0.15, 0.2) is 95.9 Å². The Bertz CT molecular complexity index is 1130. The molecule has 5 rings (SSSR count). The summed E-state index contributed by atoms with van der Waals surface area (Å²) in [5.74, 6) is 0.551. The maximum atomic E-state index is 13.3.